The number of hydrogen-bond donors (Lipinski definition) is 1. The second-order valence-corrected chi connectivity index (χ2v) is 5.37. The number of halogens is 2. The third kappa shape index (κ3) is 25.4. The fraction of sp³-hybridized carbons (Fsp3) is 0.722. The fourth-order valence-corrected chi connectivity index (χ4v) is 2.09. The van der Waals surface area contributed by atoms with Crippen molar-refractivity contribution in [3.63, 3.8) is 0 Å². The molecule has 4 heteroatoms. The minimum absolute atomic E-state index is 0.324. The monoisotopic (exact) mass is 534 g/mol. The summed E-state index contributed by atoms with van der Waals surface area (Å²) >= 11 is 4.24. The summed E-state index contributed by atoms with van der Waals surface area (Å²) in [6, 6.07) is 0. The van der Waals surface area contributed by atoms with Crippen LogP contribution in [0.5, 0.6) is 0 Å². The number of unbranched alkanes of at least 4 members (excludes halogenated alkanes) is 8. The van der Waals surface area contributed by atoms with Crippen molar-refractivity contribution in [1.29, 1.82) is 0 Å². The molecule has 130 valence electrons. The lowest BCUT2D eigenvalue weighted by Gasteiger charge is -1.98. The van der Waals surface area contributed by atoms with Gasteiger partial charge in [-0.25, -0.2) is 0 Å². The van der Waals surface area contributed by atoms with Crippen molar-refractivity contribution in [2.75, 3.05) is 0 Å². The molecule has 0 aromatic rings. The van der Waals surface area contributed by atoms with Crippen molar-refractivity contribution < 1.29 is 9.90 Å². The van der Waals surface area contributed by atoms with Crippen LogP contribution >= 0.6 is 37.2 Å². The average molecular weight is 534 g/mol. The van der Waals surface area contributed by atoms with Crippen LogP contribution in [-0.4, -0.2) is 11.1 Å². The largest absolute Gasteiger partial charge is 0.481 e. The Labute approximate surface area is 160 Å². The number of rotatable bonds is 14. The van der Waals surface area contributed by atoms with Crippen molar-refractivity contribution in [3.8, 4) is 0 Å². The van der Waals surface area contributed by atoms with Gasteiger partial charge in [0.05, 0.1) is 0 Å². The van der Waals surface area contributed by atoms with Crippen molar-refractivity contribution in [1.82, 2.24) is 0 Å². The molecule has 1 N–H and O–H groups in total. The van der Waals surface area contributed by atoms with Crippen LogP contribution in [0.3, 0.4) is 0 Å². The molecule has 0 aliphatic heterocycles. The first-order valence-corrected chi connectivity index (χ1v) is 14.7. The maximum Gasteiger partial charge on any atom is 0.303 e. The van der Waals surface area contributed by atoms with Gasteiger partial charge < -0.3 is 5.11 Å². The number of aliphatic carboxylic acids is 1. The van der Waals surface area contributed by atoms with Gasteiger partial charge in [-0.1, -0.05) is 63.3 Å². The SMILES string of the molecule is CCCCC/C=C\C/C=C\CCCCCCCC(=O)O.II. The maximum atomic E-state index is 10.3. The lowest BCUT2D eigenvalue weighted by Crippen LogP contribution is -1.93. The van der Waals surface area contributed by atoms with E-state index in [2.05, 4.69) is 68.5 Å². The number of carboxylic acid groups (broad SMARTS) is 1. The molecule has 0 aromatic carbocycles. The zero-order chi connectivity index (χ0) is 16.9. The van der Waals surface area contributed by atoms with Crippen LogP contribution in [0.1, 0.15) is 84.0 Å². The second-order valence-electron chi connectivity index (χ2n) is 5.37. The minimum Gasteiger partial charge on any atom is -0.481 e. The highest BCUT2D eigenvalue weighted by Crippen LogP contribution is 2.08. The van der Waals surface area contributed by atoms with Gasteiger partial charge in [0.2, 0.25) is 0 Å². The summed E-state index contributed by atoms with van der Waals surface area (Å²) in [5.74, 6) is -0.671. The van der Waals surface area contributed by atoms with Crippen LogP contribution in [0.25, 0.3) is 0 Å². The first-order valence-electron chi connectivity index (χ1n) is 8.43. The molecule has 0 spiro atoms. The van der Waals surface area contributed by atoms with Gasteiger partial charge in [-0.2, -0.15) is 0 Å². The van der Waals surface area contributed by atoms with Gasteiger partial charge in [0.1, 0.15) is 0 Å². The average Bonchev–Trinajstić information content (AvgIpc) is 2.53. The molecule has 0 atom stereocenters. The molecule has 0 fully saturated rings. The van der Waals surface area contributed by atoms with Crippen molar-refractivity contribution in [2.45, 2.75) is 84.0 Å². The predicted octanol–water partition coefficient (Wildman–Crippen LogP) is 7.66. The smallest absolute Gasteiger partial charge is 0.303 e. The molecule has 22 heavy (non-hydrogen) atoms. The lowest BCUT2D eigenvalue weighted by molar-refractivity contribution is -0.137. The molecular weight excluding hydrogens is 502 g/mol. The van der Waals surface area contributed by atoms with E-state index in [9.17, 15) is 4.79 Å². The summed E-state index contributed by atoms with van der Waals surface area (Å²) in [5, 5.41) is 8.50. The number of hydrogen-bond acceptors (Lipinski definition) is 1. The van der Waals surface area contributed by atoms with Crippen molar-refractivity contribution in [2.24, 2.45) is 0 Å². The zero-order valence-corrected chi connectivity index (χ0v) is 18.2. The molecule has 0 bridgehead atoms. The highest BCUT2D eigenvalue weighted by molar-refractivity contribution is 15.0. The zero-order valence-electron chi connectivity index (χ0n) is 13.9. The van der Waals surface area contributed by atoms with E-state index in [1.54, 1.807) is 0 Å². The standard InChI is InChI=1S/C18H32O2.I2/c1-2-3-4-5-6-7-8-9-10-11-12-13-14-15-16-17-18(19)20;1-2/h6-7,9-10H,2-5,8,11-17H2,1H3,(H,19,20);/b7-6-,10-9-;. The Morgan fingerprint density at radius 2 is 1.32 bits per heavy atom. The van der Waals surface area contributed by atoms with Gasteiger partial charge in [0, 0.05) is 43.7 Å². The van der Waals surface area contributed by atoms with Crippen LogP contribution in [0.15, 0.2) is 24.3 Å². The third-order valence-corrected chi connectivity index (χ3v) is 3.34. The molecule has 0 radical (unpaired) electrons. The summed E-state index contributed by atoms with van der Waals surface area (Å²) in [7, 11) is 0. The Morgan fingerprint density at radius 3 is 1.86 bits per heavy atom. The molecule has 0 amide bonds. The van der Waals surface area contributed by atoms with E-state index in [0.717, 1.165) is 25.7 Å². The van der Waals surface area contributed by atoms with Gasteiger partial charge in [0.25, 0.3) is 0 Å². The van der Waals surface area contributed by atoms with E-state index < -0.39 is 5.97 Å². The van der Waals surface area contributed by atoms with Crippen molar-refractivity contribution in [3.05, 3.63) is 24.3 Å². The van der Waals surface area contributed by atoms with Crippen LogP contribution < -0.4 is 0 Å². The topological polar surface area (TPSA) is 37.3 Å². The number of carboxylic acids is 1. The molecule has 0 heterocycles. The van der Waals surface area contributed by atoms with Gasteiger partial charge in [-0.05, 0) is 38.5 Å². The Hall–Kier alpha value is 0.410. The molecular formula is C18H32I2O2. The molecule has 2 nitrogen and oxygen atoms in total. The molecule has 0 unspecified atom stereocenters. The Balaban J connectivity index is 0. The molecule has 0 saturated carbocycles. The number of carbonyl (C=O) groups is 1. The summed E-state index contributed by atoms with van der Waals surface area (Å²) in [4.78, 5) is 10.3. The quantitative estimate of drug-likeness (QED) is 0.141. The lowest BCUT2D eigenvalue weighted by atomic mass is 10.1. The summed E-state index contributed by atoms with van der Waals surface area (Å²) in [5.41, 5.74) is 0. The predicted molar refractivity (Wildman–Crippen MR) is 115 cm³/mol. The molecule has 0 aliphatic carbocycles. The molecule has 0 aliphatic rings. The Bertz CT molecular complexity index is 276. The summed E-state index contributed by atoms with van der Waals surface area (Å²) in [6.45, 7) is 2.23. The van der Waals surface area contributed by atoms with E-state index >= 15 is 0 Å². The van der Waals surface area contributed by atoms with E-state index in [4.69, 9.17) is 5.11 Å². The first kappa shape index (κ1) is 24.7. The Morgan fingerprint density at radius 1 is 0.818 bits per heavy atom. The Kier molecular flexibility index (Phi) is 26.5. The minimum atomic E-state index is -0.671. The highest BCUT2D eigenvalue weighted by atomic mass is 128. The summed E-state index contributed by atoms with van der Waals surface area (Å²) < 4.78 is 0. The maximum absolute atomic E-state index is 10.3. The van der Waals surface area contributed by atoms with Crippen LogP contribution in [0.2, 0.25) is 0 Å². The van der Waals surface area contributed by atoms with Crippen molar-refractivity contribution >= 4 is 43.2 Å². The fourth-order valence-electron chi connectivity index (χ4n) is 2.09. The van der Waals surface area contributed by atoms with E-state index in [1.165, 1.54) is 44.9 Å². The van der Waals surface area contributed by atoms with Gasteiger partial charge in [-0.15, -0.1) is 0 Å². The van der Waals surface area contributed by atoms with Crippen LogP contribution in [0, 0.1) is 0 Å². The molecule has 0 saturated heterocycles. The van der Waals surface area contributed by atoms with E-state index in [-0.39, 0.29) is 0 Å². The third-order valence-electron chi connectivity index (χ3n) is 3.34. The van der Waals surface area contributed by atoms with Crippen LogP contribution in [0.4, 0.5) is 0 Å². The first-order chi connectivity index (χ1) is 10.8. The highest BCUT2D eigenvalue weighted by Gasteiger charge is 1.95. The van der Waals surface area contributed by atoms with Gasteiger partial charge in [-0.3, -0.25) is 4.79 Å². The summed E-state index contributed by atoms with van der Waals surface area (Å²) in [6.07, 6.45) is 22.3. The molecule has 0 rings (SSSR count). The van der Waals surface area contributed by atoms with Gasteiger partial charge in [0.15, 0.2) is 0 Å². The van der Waals surface area contributed by atoms with E-state index in [1.807, 2.05) is 0 Å². The van der Waals surface area contributed by atoms with Crippen LogP contribution in [-0.2, 0) is 4.79 Å². The number of allylic oxidation sites excluding steroid dienone is 4. The second kappa shape index (κ2) is 23.7. The van der Waals surface area contributed by atoms with Gasteiger partial charge >= 0.3 is 5.97 Å². The molecule has 0 aromatic heterocycles. The normalized spacial score (nSPS) is 10.9. The van der Waals surface area contributed by atoms with E-state index in [0.29, 0.717) is 6.42 Å².